The van der Waals surface area contributed by atoms with E-state index in [9.17, 15) is 0 Å². The molecule has 0 spiro atoms. The molecule has 3 aromatic rings. The van der Waals surface area contributed by atoms with E-state index >= 15 is 0 Å². The van der Waals surface area contributed by atoms with Gasteiger partial charge in [-0.25, -0.2) is 5.01 Å². The maximum Gasteiger partial charge on any atom is 0.231 e. The number of hydrazone groups is 1. The molecule has 6 rings (SSSR count). The van der Waals surface area contributed by atoms with Gasteiger partial charge >= 0.3 is 0 Å². The number of benzene rings is 3. The van der Waals surface area contributed by atoms with Crippen molar-refractivity contribution < 1.29 is 18.9 Å². The Morgan fingerprint density at radius 3 is 2.61 bits per heavy atom. The van der Waals surface area contributed by atoms with Crippen LogP contribution in [-0.2, 0) is 0 Å². The SMILES string of the molecule is COc1ccc([C@H]2Oc3ccc(Cl)cc3[C@@H]3CC(c4ccc5c(c4)OCO5)=NN23)cc1. The van der Waals surface area contributed by atoms with E-state index in [4.69, 9.17) is 35.6 Å². The molecule has 3 aliphatic rings. The summed E-state index contributed by atoms with van der Waals surface area (Å²) in [5.74, 6) is 3.14. The first-order valence-electron chi connectivity index (χ1n) is 10.1. The van der Waals surface area contributed by atoms with Gasteiger partial charge in [-0.15, -0.1) is 0 Å². The van der Waals surface area contributed by atoms with Crippen molar-refractivity contribution in [3.05, 3.63) is 82.4 Å². The normalized spacial score (nSPS) is 20.6. The largest absolute Gasteiger partial charge is 0.497 e. The summed E-state index contributed by atoms with van der Waals surface area (Å²) in [6.45, 7) is 0.249. The molecule has 0 unspecified atom stereocenters. The molecule has 3 heterocycles. The monoisotopic (exact) mass is 434 g/mol. The van der Waals surface area contributed by atoms with Crippen molar-refractivity contribution in [2.45, 2.75) is 18.7 Å². The van der Waals surface area contributed by atoms with Gasteiger partial charge in [0.15, 0.2) is 11.5 Å². The molecule has 0 aliphatic carbocycles. The van der Waals surface area contributed by atoms with Crippen LogP contribution in [0, 0.1) is 0 Å². The zero-order valence-electron chi connectivity index (χ0n) is 16.7. The van der Waals surface area contributed by atoms with E-state index in [0.29, 0.717) is 5.02 Å². The molecule has 0 amide bonds. The minimum Gasteiger partial charge on any atom is -0.497 e. The first-order chi connectivity index (χ1) is 15.2. The Bertz CT molecular complexity index is 1190. The van der Waals surface area contributed by atoms with Gasteiger partial charge in [-0.05, 0) is 60.7 Å². The maximum atomic E-state index is 6.39. The molecule has 0 bridgehead atoms. The molecule has 0 fully saturated rings. The van der Waals surface area contributed by atoms with E-state index in [2.05, 4.69) is 0 Å². The molecular weight excluding hydrogens is 416 g/mol. The van der Waals surface area contributed by atoms with Crippen molar-refractivity contribution in [2.75, 3.05) is 13.9 Å². The molecule has 0 saturated heterocycles. The third kappa shape index (κ3) is 3.06. The molecule has 7 heteroatoms. The average molecular weight is 435 g/mol. The van der Waals surface area contributed by atoms with Crippen LogP contribution in [-0.4, -0.2) is 24.6 Å². The van der Waals surface area contributed by atoms with E-state index in [0.717, 1.165) is 51.8 Å². The number of rotatable bonds is 3. The Labute approximate surface area is 184 Å². The molecular formula is C24H19ClN2O4. The fraction of sp³-hybridized carbons (Fsp3) is 0.208. The molecule has 156 valence electrons. The van der Waals surface area contributed by atoms with Gasteiger partial charge in [0.2, 0.25) is 13.0 Å². The lowest BCUT2D eigenvalue weighted by atomic mass is 9.95. The van der Waals surface area contributed by atoms with Crippen molar-refractivity contribution >= 4 is 17.3 Å². The molecule has 3 aromatic carbocycles. The number of ether oxygens (including phenoxy) is 4. The lowest BCUT2D eigenvalue weighted by Crippen LogP contribution is -2.33. The Balaban J connectivity index is 1.42. The van der Waals surface area contributed by atoms with Crippen LogP contribution in [0.4, 0.5) is 0 Å². The number of hydrogen-bond acceptors (Lipinski definition) is 6. The molecule has 0 aromatic heterocycles. The van der Waals surface area contributed by atoms with Crippen LogP contribution in [0.5, 0.6) is 23.0 Å². The molecule has 0 N–H and O–H groups in total. The zero-order chi connectivity index (χ0) is 20.9. The third-order valence-electron chi connectivity index (χ3n) is 5.86. The van der Waals surface area contributed by atoms with Crippen molar-refractivity contribution in [2.24, 2.45) is 5.10 Å². The van der Waals surface area contributed by atoms with Crippen molar-refractivity contribution in [1.29, 1.82) is 0 Å². The standard InChI is InChI=1S/C24H19ClN2O4/c1-28-17-6-2-14(3-7-17)24-27-20(18-11-16(25)5-9-21(18)31-24)12-19(26-27)15-4-8-22-23(10-15)30-13-29-22/h2-11,20,24H,12-13H2,1H3/t20-,24+/m0/s1. The molecule has 2 atom stereocenters. The van der Waals surface area contributed by atoms with Crippen molar-refractivity contribution in [1.82, 2.24) is 5.01 Å². The molecule has 0 radical (unpaired) electrons. The van der Waals surface area contributed by atoms with E-state index < -0.39 is 0 Å². The van der Waals surface area contributed by atoms with E-state index in [-0.39, 0.29) is 19.1 Å². The summed E-state index contributed by atoms with van der Waals surface area (Å²) in [7, 11) is 1.66. The van der Waals surface area contributed by atoms with E-state index in [1.807, 2.05) is 65.7 Å². The summed E-state index contributed by atoms with van der Waals surface area (Å²) in [6, 6.07) is 19.6. The van der Waals surface area contributed by atoms with Crippen LogP contribution >= 0.6 is 11.6 Å². The summed E-state index contributed by atoms with van der Waals surface area (Å²) in [4.78, 5) is 0. The van der Waals surface area contributed by atoms with E-state index in [1.54, 1.807) is 7.11 Å². The first kappa shape index (κ1) is 18.4. The van der Waals surface area contributed by atoms with Gasteiger partial charge in [0.25, 0.3) is 0 Å². The molecule has 31 heavy (non-hydrogen) atoms. The number of nitrogens with zero attached hydrogens (tertiary/aromatic N) is 2. The van der Waals surface area contributed by atoms with Gasteiger partial charge in [0.05, 0.1) is 18.9 Å². The van der Waals surface area contributed by atoms with Crippen LogP contribution in [0.25, 0.3) is 0 Å². The second kappa shape index (κ2) is 7.10. The molecule has 3 aliphatic heterocycles. The molecule has 6 nitrogen and oxygen atoms in total. The lowest BCUT2D eigenvalue weighted by molar-refractivity contribution is -0.0190. The number of fused-ring (bicyclic) bond motifs is 4. The van der Waals surface area contributed by atoms with Gasteiger partial charge in [-0.2, -0.15) is 5.10 Å². The lowest BCUT2D eigenvalue weighted by Gasteiger charge is -2.38. The summed E-state index contributed by atoms with van der Waals surface area (Å²) in [6.07, 6.45) is 0.388. The highest BCUT2D eigenvalue weighted by molar-refractivity contribution is 6.30. The van der Waals surface area contributed by atoms with Crippen molar-refractivity contribution in [3.63, 3.8) is 0 Å². The topological polar surface area (TPSA) is 52.5 Å². The van der Waals surface area contributed by atoms with Gasteiger partial charge in [0, 0.05) is 28.1 Å². The Morgan fingerprint density at radius 1 is 0.968 bits per heavy atom. The minimum absolute atomic E-state index is 0.0231. The number of methoxy groups -OCH3 is 1. The second-order valence-electron chi connectivity index (χ2n) is 7.64. The number of hydrogen-bond donors (Lipinski definition) is 0. The summed E-state index contributed by atoms with van der Waals surface area (Å²) in [5, 5.41) is 7.70. The Morgan fingerprint density at radius 2 is 1.77 bits per heavy atom. The minimum atomic E-state index is -0.351. The van der Waals surface area contributed by atoms with E-state index in [1.165, 1.54) is 0 Å². The van der Waals surface area contributed by atoms with Crippen LogP contribution in [0.15, 0.2) is 65.8 Å². The Kier molecular flexibility index (Phi) is 4.21. The highest BCUT2D eigenvalue weighted by Gasteiger charge is 2.41. The summed E-state index contributed by atoms with van der Waals surface area (Å²) < 4.78 is 22.7. The smallest absolute Gasteiger partial charge is 0.231 e. The zero-order valence-corrected chi connectivity index (χ0v) is 17.5. The van der Waals surface area contributed by atoms with Crippen molar-refractivity contribution in [3.8, 4) is 23.0 Å². The quantitative estimate of drug-likeness (QED) is 0.558. The average Bonchev–Trinajstić information content (AvgIpc) is 3.45. The highest BCUT2D eigenvalue weighted by Crippen LogP contribution is 2.48. The van der Waals surface area contributed by atoms with Gasteiger partial charge in [-0.1, -0.05) is 11.6 Å². The van der Waals surface area contributed by atoms with Crippen LogP contribution < -0.4 is 18.9 Å². The van der Waals surface area contributed by atoms with Crippen LogP contribution in [0.3, 0.4) is 0 Å². The number of halogens is 1. The van der Waals surface area contributed by atoms with Gasteiger partial charge in [0.1, 0.15) is 11.5 Å². The first-order valence-corrected chi connectivity index (χ1v) is 10.4. The van der Waals surface area contributed by atoms with Crippen LogP contribution in [0.2, 0.25) is 5.02 Å². The molecule has 0 saturated carbocycles. The van der Waals surface area contributed by atoms with Gasteiger partial charge < -0.3 is 18.9 Å². The van der Waals surface area contributed by atoms with Crippen LogP contribution in [0.1, 0.15) is 35.4 Å². The third-order valence-corrected chi connectivity index (χ3v) is 6.09. The fourth-order valence-corrected chi connectivity index (χ4v) is 4.48. The predicted molar refractivity (Wildman–Crippen MR) is 116 cm³/mol. The predicted octanol–water partition coefficient (Wildman–Crippen LogP) is 5.32. The summed E-state index contributed by atoms with van der Waals surface area (Å²) >= 11 is 6.32. The summed E-state index contributed by atoms with van der Waals surface area (Å²) in [5.41, 5.74) is 4.02. The van der Waals surface area contributed by atoms with Gasteiger partial charge in [-0.3, -0.25) is 0 Å². The highest BCUT2D eigenvalue weighted by atomic mass is 35.5. The second-order valence-corrected chi connectivity index (χ2v) is 8.08. The Hall–Kier alpha value is -3.38. The fourth-order valence-electron chi connectivity index (χ4n) is 4.30. The maximum absolute atomic E-state index is 6.39.